The van der Waals surface area contributed by atoms with Crippen molar-refractivity contribution in [3.63, 3.8) is 0 Å². The number of rotatable bonds is 7. The number of aliphatic carboxylic acids is 1. The van der Waals surface area contributed by atoms with Crippen LogP contribution in [-0.2, 0) is 14.6 Å². The summed E-state index contributed by atoms with van der Waals surface area (Å²) in [6.45, 7) is 0. The van der Waals surface area contributed by atoms with E-state index in [-0.39, 0.29) is 35.6 Å². The maximum Gasteiger partial charge on any atom is 0.303 e. The van der Waals surface area contributed by atoms with Crippen LogP contribution in [0.15, 0.2) is 29.2 Å². The van der Waals surface area contributed by atoms with Gasteiger partial charge in [0.15, 0.2) is 9.84 Å². The number of nitro benzene ring substituents is 1. The van der Waals surface area contributed by atoms with Crippen LogP contribution in [0.1, 0.15) is 19.3 Å². The molecule has 1 N–H and O–H groups in total. The molecule has 0 bridgehead atoms. The van der Waals surface area contributed by atoms with Gasteiger partial charge in [-0.05, 0) is 25.0 Å². The first-order valence-corrected chi connectivity index (χ1v) is 7.17. The van der Waals surface area contributed by atoms with Crippen molar-refractivity contribution in [1.82, 2.24) is 0 Å². The minimum Gasteiger partial charge on any atom is -0.481 e. The van der Waals surface area contributed by atoms with Crippen molar-refractivity contribution in [1.29, 1.82) is 0 Å². The van der Waals surface area contributed by atoms with Crippen LogP contribution >= 0.6 is 0 Å². The molecule has 0 fully saturated rings. The molecule has 7 nitrogen and oxygen atoms in total. The summed E-state index contributed by atoms with van der Waals surface area (Å²) in [5, 5.41) is 18.9. The first kappa shape index (κ1) is 15.1. The summed E-state index contributed by atoms with van der Waals surface area (Å²) in [6, 6.07) is 4.63. The van der Waals surface area contributed by atoms with E-state index in [1.165, 1.54) is 12.1 Å². The lowest BCUT2D eigenvalue weighted by atomic mass is 10.2. The zero-order valence-electron chi connectivity index (χ0n) is 9.98. The third-order valence-corrected chi connectivity index (χ3v) is 4.28. The summed E-state index contributed by atoms with van der Waals surface area (Å²) in [4.78, 5) is 20.1. The van der Waals surface area contributed by atoms with Gasteiger partial charge in [-0.3, -0.25) is 14.9 Å². The topological polar surface area (TPSA) is 115 Å². The summed E-state index contributed by atoms with van der Waals surface area (Å²) in [7, 11) is -3.52. The highest BCUT2D eigenvalue weighted by atomic mass is 32.2. The molecular weight excluding hydrogens is 274 g/mol. The van der Waals surface area contributed by atoms with Gasteiger partial charge in [-0.15, -0.1) is 0 Å². The van der Waals surface area contributed by atoms with Crippen LogP contribution in [-0.4, -0.2) is 30.2 Å². The second-order valence-corrected chi connectivity index (χ2v) is 6.03. The molecule has 0 amide bonds. The maximum atomic E-state index is 11.8. The number of benzene rings is 1. The molecule has 0 aliphatic rings. The molecule has 0 heterocycles. The highest BCUT2D eigenvalue weighted by molar-refractivity contribution is 7.91. The lowest BCUT2D eigenvalue weighted by Crippen LogP contribution is -2.07. The Balaban J connectivity index is 2.66. The largest absolute Gasteiger partial charge is 0.481 e. The van der Waals surface area contributed by atoms with Gasteiger partial charge < -0.3 is 5.11 Å². The third-order valence-electron chi connectivity index (χ3n) is 2.46. The fraction of sp³-hybridized carbons (Fsp3) is 0.364. The van der Waals surface area contributed by atoms with Crippen LogP contribution < -0.4 is 0 Å². The van der Waals surface area contributed by atoms with E-state index in [9.17, 15) is 23.3 Å². The van der Waals surface area contributed by atoms with Gasteiger partial charge in [0.05, 0.1) is 15.6 Å². The quantitative estimate of drug-likeness (QED) is 0.463. The molecule has 0 aromatic heterocycles. The van der Waals surface area contributed by atoms with Crippen LogP contribution in [0, 0.1) is 10.1 Å². The van der Waals surface area contributed by atoms with E-state index in [0.29, 0.717) is 0 Å². The standard InChI is InChI=1S/C11H13NO6S/c13-11(14)3-1-2-8-19(17,18)10-6-4-9(5-7-10)12(15)16/h4-7H,1-3,8H2,(H,13,14). The maximum absolute atomic E-state index is 11.8. The Morgan fingerprint density at radius 3 is 2.26 bits per heavy atom. The van der Waals surface area contributed by atoms with Crippen molar-refractivity contribution in [3.8, 4) is 0 Å². The Morgan fingerprint density at radius 1 is 1.21 bits per heavy atom. The van der Waals surface area contributed by atoms with E-state index in [1.54, 1.807) is 0 Å². The molecule has 0 aliphatic carbocycles. The monoisotopic (exact) mass is 287 g/mol. The molecule has 1 aromatic carbocycles. The minimum atomic E-state index is -3.52. The van der Waals surface area contributed by atoms with Crippen molar-refractivity contribution in [2.24, 2.45) is 0 Å². The predicted octanol–water partition coefficient (Wildman–Crippen LogP) is 1.62. The molecule has 0 aliphatic heterocycles. The molecule has 1 aromatic rings. The molecule has 0 unspecified atom stereocenters. The number of nitrogens with zero attached hydrogens (tertiary/aromatic N) is 1. The minimum absolute atomic E-state index is 0.00780. The van der Waals surface area contributed by atoms with Crippen molar-refractivity contribution < 1.29 is 23.2 Å². The van der Waals surface area contributed by atoms with Gasteiger partial charge in [0.25, 0.3) is 5.69 Å². The van der Waals surface area contributed by atoms with Gasteiger partial charge in [-0.2, -0.15) is 0 Å². The van der Waals surface area contributed by atoms with Gasteiger partial charge in [-0.25, -0.2) is 8.42 Å². The highest BCUT2D eigenvalue weighted by Gasteiger charge is 2.15. The molecular formula is C11H13NO6S. The van der Waals surface area contributed by atoms with Crippen molar-refractivity contribution in [2.45, 2.75) is 24.2 Å². The van der Waals surface area contributed by atoms with Gasteiger partial charge in [-0.1, -0.05) is 0 Å². The fourth-order valence-corrected chi connectivity index (χ4v) is 2.83. The molecule has 0 saturated carbocycles. The summed E-state index contributed by atoms with van der Waals surface area (Å²) < 4.78 is 23.7. The molecule has 104 valence electrons. The van der Waals surface area contributed by atoms with Gasteiger partial charge in [0, 0.05) is 18.6 Å². The summed E-state index contributed by atoms with van der Waals surface area (Å²) in [5.41, 5.74) is -0.176. The second-order valence-electron chi connectivity index (χ2n) is 3.92. The number of unbranched alkanes of at least 4 members (excludes halogenated alkanes) is 1. The number of carbonyl (C=O) groups is 1. The first-order valence-electron chi connectivity index (χ1n) is 5.52. The molecule has 8 heteroatoms. The Labute approximate surface area is 109 Å². The highest BCUT2D eigenvalue weighted by Crippen LogP contribution is 2.18. The lowest BCUT2D eigenvalue weighted by molar-refractivity contribution is -0.384. The summed E-state index contributed by atoms with van der Waals surface area (Å²) >= 11 is 0. The number of nitro groups is 1. The molecule has 0 spiro atoms. The van der Waals surface area contributed by atoms with E-state index < -0.39 is 20.7 Å². The normalized spacial score (nSPS) is 11.2. The van der Waals surface area contributed by atoms with Crippen molar-refractivity contribution in [3.05, 3.63) is 34.4 Å². The Hall–Kier alpha value is -1.96. The van der Waals surface area contributed by atoms with Gasteiger partial charge in [0.1, 0.15) is 0 Å². The fourth-order valence-electron chi connectivity index (χ4n) is 1.46. The number of sulfone groups is 1. The molecule has 1 rings (SSSR count). The average molecular weight is 287 g/mol. The number of hydrogen-bond donors (Lipinski definition) is 1. The van der Waals surface area contributed by atoms with Crippen molar-refractivity contribution in [2.75, 3.05) is 5.75 Å². The summed E-state index contributed by atoms with van der Waals surface area (Å²) in [5.74, 6) is -1.13. The Bertz CT molecular complexity index is 563. The van der Waals surface area contributed by atoms with Crippen LogP contribution in [0.3, 0.4) is 0 Å². The first-order chi connectivity index (χ1) is 8.83. The predicted molar refractivity (Wildman–Crippen MR) is 66.6 cm³/mol. The number of carboxylic acids is 1. The second kappa shape index (κ2) is 6.28. The Kier molecular flexibility index (Phi) is 4.99. The van der Waals surface area contributed by atoms with E-state index in [0.717, 1.165) is 12.1 Å². The smallest absolute Gasteiger partial charge is 0.303 e. The Morgan fingerprint density at radius 2 is 1.79 bits per heavy atom. The molecule has 0 saturated heterocycles. The van der Waals surface area contributed by atoms with Crippen LogP contribution in [0.25, 0.3) is 0 Å². The molecule has 0 atom stereocenters. The third kappa shape index (κ3) is 4.66. The zero-order valence-corrected chi connectivity index (χ0v) is 10.8. The van der Waals surface area contributed by atoms with E-state index in [4.69, 9.17) is 5.11 Å². The van der Waals surface area contributed by atoms with E-state index >= 15 is 0 Å². The average Bonchev–Trinajstić information content (AvgIpc) is 2.34. The SMILES string of the molecule is O=C(O)CCCCS(=O)(=O)c1ccc([N+](=O)[O-])cc1. The van der Waals surface area contributed by atoms with Crippen LogP contribution in [0.2, 0.25) is 0 Å². The molecule has 19 heavy (non-hydrogen) atoms. The van der Waals surface area contributed by atoms with E-state index in [1.807, 2.05) is 0 Å². The van der Waals surface area contributed by atoms with Gasteiger partial charge in [0.2, 0.25) is 0 Å². The van der Waals surface area contributed by atoms with Crippen LogP contribution in [0.5, 0.6) is 0 Å². The number of hydrogen-bond acceptors (Lipinski definition) is 5. The number of non-ortho nitro benzene ring substituents is 1. The lowest BCUT2D eigenvalue weighted by Gasteiger charge is -2.03. The van der Waals surface area contributed by atoms with Crippen molar-refractivity contribution >= 4 is 21.5 Å². The van der Waals surface area contributed by atoms with Gasteiger partial charge >= 0.3 is 5.97 Å². The molecule has 0 radical (unpaired) electrons. The van der Waals surface area contributed by atoms with E-state index in [2.05, 4.69) is 0 Å². The zero-order chi connectivity index (χ0) is 14.5. The summed E-state index contributed by atoms with van der Waals surface area (Å²) in [6.07, 6.45) is 0.447. The van der Waals surface area contributed by atoms with Crippen LogP contribution in [0.4, 0.5) is 5.69 Å². The number of carboxylic acid groups (broad SMARTS) is 1.